The molecule has 1 atom stereocenters. The quantitative estimate of drug-likeness (QED) is 0.471. The molecule has 122 valence electrons. The summed E-state index contributed by atoms with van der Waals surface area (Å²) in [6.07, 6.45) is 1.59. The van der Waals surface area contributed by atoms with Crippen molar-refractivity contribution in [3.63, 3.8) is 0 Å². The van der Waals surface area contributed by atoms with Crippen LogP contribution in [0.5, 0.6) is 0 Å². The second kappa shape index (κ2) is 7.68. The van der Waals surface area contributed by atoms with E-state index in [1.807, 2.05) is 65.3 Å². The van der Waals surface area contributed by atoms with Crippen molar-refractivity contribution in [2.45, 2.75) is 6.67 Å². The fraction of sp³-hybridized carbons (Fsp3) is 0.111. The summed E-state index contributed by atoms with van der Waals surface area (Å²) in [5.74, 6) is 0. The molecule has 1 unspecified atom stereocenters. The molecule has 0 N–H and O–H groups in total. The third-order valence-corrected chi connectivity index (χ3v) is 4.62. The van der Waals surface area contributed by atoms with Crippen molar-refractivity contribution in [1.82, 2.24) is 9.78 Å². The number of rotatable bonds is 5. The standard InChI is InChI=1S/C18H16BrN3OS/c1-24(23)13-20-12-22-18(15-10-6-3-7-11-15)16(19)17(21-22)14-8-4-2-5-9-14/h2-11,13H,12H2,1H3/b20-13+. The summed E-state index contributed by atoms with van der Waals surface area (Å²) in [7, 11) is -1.07. The Hall–Kier alpha value is -2.05. The van der Waals surface area contributed by atoms with Gasteiger partial charge >= 0.3 is 0 Å². The lowest BCUT2D eigenvalue weighted by Crippen LogP contribution is -2.01. The van der Waals surface area contributed by atoms with Crippen LogP contribution in [-0.2, 0) is 17.5 Å². The SMILES string of the molecule is CS(=O)/C=N/Cn1nc(-c2ccccc2)c(Br)c1-c1ccccc1. The second-order valence-electron chi connectivity index (χ2n) is 5.17. The van der Waals surface area contributed by atoms with Crippen LogP contribution in [0.25, 0.3) is 22.5 Å². The topological polar surface area (TPSA) is 47.2 Å². The minimum atomic E-state index is -1.07. The van der Waals surface area contributed by atoms with E-state index in [0.29, 0.717) is 6.67 Å². The van der Waals surface area contributed by atoms with Crippen molar-refractivity contribution in [3.05, 3.63) is 65.1 Å². The molecule has 3 rings (SSSR count). The maximum Gasteiger partial charge on any atom is 0.132 e. The average Bonchev–Trinajstić information content (AvgIpc) is 2.92. The molecule has 0 saturated carbocycles. The second-order valence-corrected chi connectivity index (χ2v) is 7.17. The summed E-state index contributed by atoms with van der Waals surface area (Å²) < 4.78 is 14.0. The molecule has 0 bridgehead atoms. The molecule has 0 aliphatic heterocycles. The Morgan fingerprint density at radius 3 is 2.25 bits per heavy atom. The summed E-state index contributed by atoms with van der Waals surface area (Å²) in [6, 6.07) is 20.0. The summed E-state index contributed by atoms with van der Waals surface area (Å²) in [6.45, 7) is 0.315. The molecule has 0 spiro atoms. The van der Waals surface area contributed by atoms with Crippen molar-refractivity contribution in [3.8, 4) is 22.5 Å². The minimum absolute atomic E-state index is 0.315. The highest BCUT2D eigenvalue weighted by molar-refractivity contribution is 9.10. The molecule has 2 aromatic carbocycles. The van der Waals surface area contributed by atoms with E-state index >= 15 is 0 Å². The smallest absolute Gasteiger partial charge is 0.132 e. The Morgan fingerprint density at radius 1 is 1.08 bits per heavy atom. The van der Waals surface area contributed by atoms with Gasteiger partial charge in [-0.25, -0.2) is 4.68 Å². The van der Waals surface area contributed by atoms with Crippen LogP contribution in [0.15, 0.2) is 70.1 Å². The molecule has 0 amide bonds. The first-order valence-corrected chi connectivity index (χ1v) is 9.77. The Bertz CT molecular complexity index is 876. The monoisotopic (exact) mass is 401 g/mol. The lowest BCUT2D eigenvalue weighted by Gasteiger charge is -2.05. The van der Waals surface area contributed by atoms with E-state index in [0.717, 1.165) is 27.0 Å². The van der Waals surface area contributed by atoms with Gasteiger partial charge in [-0.1, -0.05) is 60.7 Å². The van der Waals surface area contributed by atoms with E-state index in [1.54, 1.807) is 6.26 Å². The van der Waals surface area contributed by atoms with Gasteiger partial charge in [-0.2, -0.15) is 5.10 Å². The number of nitrogens with zero attached hydrogens (tertiary/aromatic N) is 3. The van der Waals surface area contributed by atoms with E-state index in [-0.39, 0.29) is 0 Å². The van der Waals surface area contributed by atoms with E-state index < -0.39 is 10.8 Å². The summed E-state index contributed by atoms with van der Waals surface area (Å²) in [5, 5.41) is 4.71. The third kappa shape index (κ3) is 3.71. The first-order valence-electron chi connectivity index (χ1n) is 7.36. The number of benzene rings is 2. The van der Waals surface area contributed by atoms with Gasteiger partial charge in [-0.05, 0) is 15.9 Å². The highest BCUT2D eigenvalue weighted by Gasteiger charge is 2.18. The molecule has 3 aromatic rings. The van der Waals surface area contributed by atoms with E-state index in [9.17, 15) is 4.21 Å². The van der Waals surface area contributed by atoms with Gasteiger partial charge in [0.25, 0.3) is 0 Å². The Morgan fingerprint density at radius 2 is 1.67 bits per heavy atom. The molecule has 0 aliphatic rings. The highest BCUT2D eigenvalue weighted by Crippen LogP contribution is 2.36. The van der Waals surface area contributed by atoms with Gasteiger partial charge in [-0.3, -0.25) is 9.20 Å². The minimum Gasteiger partial charge on any atom is -0.260 e. The normalized spacial score (nSPS) is 12.6. The van der Waals surface area contributed by atoms with Crippen LogP contribution in [-0.4, -0.2) is 25.8 Å². The number of hydrogen-bond acceptors (Lipinski definition) is 3. The maximum absolute atomic E-state index is 11.2. The van der Waals surface area contributed by atoms with Crippen LogP contribution in [0.4, 0.5) is 0 Å². The van der Waals surface area contributed by atoms with Crippen LogP contribution >= 0.6 is 15.9 Å². The Labute approximate surface area is 151 Å². The van der Waals surface area contributed by atoms with Gasteiger partial charge < -0.3 is 0 Å². The maximum atomic E-state index is 11.2. The molecular weight excluding hydrogens is 386 g/mol. The zero-order valence-electron chi connectivity index (χ0n) is 13.1. The van der Waals surface area contributed by atoms with Crippen LogP contribution < -0.4 is 0 Å². The molecule has 1 heterocycles. The van der Waals surface area contributed by atoms with Crippen molar-refractivity contribution in [1.29, 1.82) is 0 Å². The lowest BCUT2D eigenvalue weighted by molar-refractivity contribution is 0.651. The van der Waals surface area contributed by atoms with Crippen molar-refractivity contribution >= 4 is 32.3 Å². The molecule has 0 saturated heterocycles. The average molecular weight is 402 g/mol. The van der Waals surface area contributed by atoms with Crippen molar-refractivity contribution in [2.75, 3.05) is 6.26 Å². The van der Waals surface area contributed by atoms with Crippen LogP contribution in [0.3, 0.4) is 0 Å². The molecule has 0 radical (unpaired) electrons. The predicted octanol–water partition coefficient (Wildman–Crippen LogP) is 4.34. The van der Waals surface area contributed by atoms with Gasteiger partial charge in [0.15, 0.2) is 0 Å². The van der Waals surface area contributed by atoms with E-state index in [4.69, 9.17) is 5.10 Å². The van der Waals surface area contributed by atoms with Gasteiger partial charge in [-0.15, -0.1) is 0 Å². The predicted molar refractivity (Wildman–Crippen MR) is 103 cm³/mol. The highest BCUT2D eigenvalue weighted by atomic mass is 79.9. The molecule has 4 nitrogen and oxygen atoms in total. The molecule has 6 heteroatoms. The fourth-order valence-electron chi connectivity index (χ4n) is 2.41. The van der Waals surface area contributed by atoms with E-state index in [2.05, 4.69) is 20.9 Å². The molecule has 0 aliphatic carbocycles. The Balaban J connectivity index is 2.11. The molecular formula is C18H16BrN3OS. The first kappa shape index (κ1) is 16.8. The number of hydrogen-bond donors (Lipinski definition) is 0. The van der Waals surface area contributed by atoms with Crippen LogP contribution in [0.2, 0.25) is 0 Å². The molecule has 0 fully saturated rings. The molecule has 1 aromatic heterocycles. The Kier molecular flexibility index (Phi) is 5.37. The summed E-state index contributed by atoms with van der Waals surface area (Å²) in [4.78, 5) is 4.23. The number of halogens is 1. The number of aliphatic imine (C=N–C) groups is 1. The van der Waals surface area contributed by atoms with Gasteiger partial charge in [0.2, 0.25) is 0 Å². The summed E-state index contributed by atoms with van der Waals surface area (Å²) in [5.41, 5.74) is 5.33. The lowest BCUT2D eigenvalue weighted by atomic mass is 10.1. The first-order chi connectivity index (χ1) is 11.7. The summed E-state index contributed by atoms with van der Waals surface area (Å²) >= 11 is 3.70. The van der Waals surface area contributed by atoms with Crippen molar-refractivity contribution < 1.29 is 4.21 Å². The zero-order chi connectivity index (χ0) is 16.9. The van der Waals surface area contributed by atoms with E-state index in [1.165, 1.54) is 5.55 Å². The van der Waals surface area contributed by atoms with Gasteiger partial charge in [0.05, 0.1) is 26.5 Å². The third-order valence-electron chi connectivity index (χ3n) is 3.43. The number of aromatic nitrogens is 2. The molecule has 24 heavy (non-hydrogen) atoms. The van der Waals surface area contributed by atoms with Crippen LogP contribution in [0, 0.1) is 0 Å². The fourth-order valence-corrected chi connectivity index (χ4v) is 3.43. The van der Waals surface area contributed by atoms with Crippen molar-refractivity contribution in [2.24, 2.45) is 4.99 Å². The zero-order valence-corrected chi connectivity index (χ0v) is 15.5. The van der Waals surface area contributed by atoms with Crippen LogP contribution in [0.1, 0.15) is 0 Å². The van der Waals surface area contributed by atoms with Gasteiger partial charge in [0.1, 0.15) is 12.4 Å². The van der Waals surface area contributed by atoms with Gasteiger partial charge in [0, 0.05) is 17.4 Å². The largest absolute Gasteiger partial charge is 0.260 e.